The fourth-order valence-corrected chi connectivity index (χ4v) is 5.22. The lowest BCUT2D eigenvalue weighted by Gasteiger charge is -2.42. The Hall–Kier alpha value is -3.63. The highest BCUT2D eigenvalue weighted by Crippen LogP contribution is 2.48. The molecule has 0 saturated carbocycles. The van der Waals surface area contributed by atoms with Crippen LogP contribution in [0.2, 0.25) is 5.02 Å². The minimum atomic E-state index is -0.525. The van der Waals surface area contributed by atoms with Crippen LogP contribution in [-0.2, 0) is 4.79 Å². The number of nitrogens with one attached hydrogen (secondary N) is 1. The molecule has 1 aliphatic carbocycles. The van der Waals surface area contributed by atoms with E-state index in [4.69, 9.17) is 11.6 Å². The third kappa shape index (κ3) is 4.08. The topological polar surface area (TPSA) is 64.4 Å². The number of benzene rings is 3. The number of rotatable bonds is 3. The number of anilines is 1. The highest BCUT2D eigenvalue weighted by atomic mass is 35.5. The maximum Gasteiger partial charge on any atom is 0.161 e. The molecule has 1 aliphatic heterocycles. The number of halogens is 1. The van der Waals surface area contributed by atoms with E-state index in [1.165, 1.54) is 0 Å². The molecule has 5 heteroatoms. The molecule has 0 spiro atoms. The lowest BCUT2D eigenvalue weighted by atomic mass is 9.73. The zero-order valence-electron chi connectivity index (χ0n) is 19.8. The minimum Gasteiger partial charge on any atom is -0.507 e. The Labute approximate surface area is 210 Å². The predicted octanol–water partition coefficient (Wildman–Crippen LogP) is 7.51. The molecule has 0 saturated heterocycles. The number of hydrogen-bond donors (Lipinski definition) is 2. The van der Waals surface area contributed by atoms with Crippen LogP contribution in [-0.4, -0.2) is 16.7 Å². The summed E-state index contributed by atoms with van der Waals surface area (Å²) in [5.41, 5.74) is 6.16. The van der Waals surface area contributed by atoms with Gasteiger partial charge in [0, 0.05) is 45.5 Å². The number of carbonyl (C=O) groups is 1. The first-order valence-electron chi connectivity index (χ1n) is 11.8. The molecule has 3 aromatic carbocycles. The Balaban J connectivity index is 1.83. The van der Waals surface area contributed by atoms with Gasteiger partial charge >= 0.3 is 0 Å². The summed E-state index contributed by atoms with van der Waals surface area (Å²) in [5.74, 6) is -0.297. The van der Waals surface area contributed by atoms with Gasteiger partial charge in [0.25, 0.3) is 0 Å². The van der Waals surface area contributed by atoms with Gasteiger partial charge in [-0.1, -0.05) is 77.8 Å². The van der Waals surface area contributed by atoms with Gasteiger partial charge in [0.1, 0.15) is 11.6 Å². The second-order valence-electron chi connectivity index (χ2n) is 9.23. The molecule has 1 atom stereocenters. The first kappa shape index (κ1) is 23.1. The lowest BCUT2D eigenvalue weighted by molar-refractivity contribution is -0.116. The molecule has 2 N–H and O–H groups in total. The van der Waals surface area contributed by atoms with E-state index >= 15 is 0 Å². The van der Waals surface area contributed by atoms with Crippen LogP contribution in [0.4, 0.5) is 5.69 Å². The SMILES string of the molecule is Cc1ccc(C2C3=C(CCCC3=O)N(c3ccc(C)c(Cl)c3)C(=N)/C2=C(/O)c2ccccc2)cc1. The van der Waals surface area contributed by atoms with Crippen molar-refractivity contribution in [2.24, 2.45) is 0 Å². The summed E-state index contributed by atoms with van der Waals surface area (Å²) in [6, 6.07) is 22.9. The van der Waals surface area contributed by atoms with Gasteiger partial charge in [0.15, 0.2) is 5.78 Å². The van der Waals surface area contributed by atoms with Crippen LogP contribution in [0.5, 0.6) is 0 Å². The summed E-state index contributed by atoms with van der Waals surface area (Å²) < 4.78 is 0. The van der Waals surface area contributed by atoms with Crippen molar-refractivity contribution in [1.29, 1.82) is 5.41 Å². The molecular weight excluding hydrogens is 456 g/mol. The molecule has 2 aliphatic rings. The number of amidine groups is 1. The highest BCUT2D eigenvalue weighted by molar-refractivity contribution is 6.32. The smallest absolute Gasteiger partial charge is 0.161 e. The van der Waals surface area contributed by atoms with Crippen molar-refractivity contribution in [1.82, 2.24) is 0 Å². The monoisotopic (exact) mass is 482 g/mol. The Kier molecular flexibility index (Phi) is 6.08. The Morgan fingerprint density at radius 2 is 1.71 bits per heavy atom. The summed E-state index contributed by atoms with van der Waals surface area (Å²) in [5, 5.41) is 21.6. The van der Waals surface area contributed by atoms with Gasteiger partial charge in [-0.2, -0.15) is 0 Å². The number of Topliss-reactive ketones (excluding diaryl/α,β-unsaturated/α-hetero) is 1. The Morgan fingerprint density at radius 3 is 2.40 bits per heavy atom. The van der Waals surface area contributed by atoms with Crippen LogP contribution < -0.4 is 4.90 Å². The summed E-state index contributed by atoms with van der Waals surface area (Å²) in [6.45, 7) is 3.95. The molecule has 0 bridgehead atoms. The second kappa shape index (κ2) is 9.20. The third-order valence-electron chi connectivity index (χ3n) is 6.88. The van der Waals surface area contributed by atoms with E-state index in [1.54, 1.807) is 4.90 Å². The Bertz CT molecular complexity index is 1390. The molecule has 3 aromatic rings. The van der Waals surface area contributed by atoms with E-state index in [9.17, 15) is 15.3 Å². The molecule has 35 heavy (non-hydrogen) atoms. The maximum absolute atomic E-state index is 13.5. The number of aliphatic hydroxyl groups is 1. The quantitative estimate of drug-likeness (QED) is 0.379. The van der Waals surface area contributed by atoms with Crippen molar-refractivity contribution in [3.63, 3.8) is 0 Å². The molecule has 176 valence electrons. The minimum absolute atomic E-state index is 0.00862. The molecule has 0 radical (unpaired) electrons. The summed E-state index contributed by atoms with van der Waals surface area (Å²) in [4.78, 5) is 15.3. The van der Waals surface area contributed by atoms with Crippen LogP contribution in [0.3, 0.4) is 0 Å². The van der Waals surface area contributed by atoms with Gasteiger partial charge < -0.3 is 5.11 Å². The van der Waals surface area contributed by atoms with E-state index in [0.29, 0.717) is 40.3 Å². The highest BCUT2D eigenvalue weighted by Gasteiger charge is 2.43. The third-order valence-corrected chi connectivity index (χ3v) is 7.29. The molecule has 0 aromatic heterocycles. The second-order valence-corrected chi connectivity index (χ2v) is 9.63. The summed E-state index contributed by atoms with van der Waals surface area (Å²) >= 11 is 6.48. The molecule has 1 unspecified atom stereocenters. The van der Waals surface area contributed by atoms with Crippen LogP contribution in [0.25, 0.3) is 5.76 Å². The Morgan fingerprint density at radius 1 is 1.00 bits per heavy atom. The van der Waals surface area contributed by atoms with Crippen LogP contribution >= 0.6 is 11.6 Å². The number of ketones is 1. The van der Waals surface area contributed by atoms with Crippen LogP contribution in [0.1, 0.15) is 47.4 Å². The largest absolute Gasteiger partial charge is 0.507 e. The number of aliphatic hydroxyl groups excluding tert-OH is 1. The van der Waals surface area contributed by atoms with E-state index in [-0.39, 0.29) is 17.4 Å². The molecule has 4 nitrogen and oxygen atoms in total. The number of carbonyl (C=O) groups excluding carboxylic acids is 1. The number of aryl methyl sites for hydroxylation is 2. The predicted molar refractivity (Wildman–Crippen MR) is 142 cm³/mol. The number of hydrogen-bond acceptors (Lipinski definition) is 3. The van der Waals surface area contributed by atoms with Crippen LogP contribution in [0.15, 0.2) is 89.6 Å². The van der Waals surface area contributed by atoms with Gasteiger partial charge in [0.05, 0.1) is 0 Å². The maximum atomic E-state index is 13.5. The zero-order valence-corrected chi connectivity index (χ0v) is 20.6. The van der Waals surface area contributed by atoms with Crippen molar-refractivity contribution in [3.8, 4) is 0 Å². The van der Waals surface area contributed by atoms with Gasteiger partial charge in [-0.3, -0.25) is 15.1 Å². The summed E-state index contributed by atoms with van der Waals surface area (Å²) in [6.07, 6.45) is 1.86. The molecule has 1 heterocycles. The van der Waals surface area contributed by atoms with E-state index in [2.05, 4.69) is 0 Å². The van der Waals surface area contributed by atoms with Crippen LogP contribution in [0, 0.1) is 19.3 Å². The van der Waals surface area contributed by atoms with Crippen molar-refractivity contribution >= 4 is 34.7 Å². The van der Waals surface area contributed by atoms with Gasteiger partial charge in [0.2, 0.25) is 0 Å². The molecule has 0 amide bonds. The van der Waals surface area contributed by atoms with Gasteiger partial charge in [-0.25, -0.2) is 0 Å². The van der Waals surface area contributed by atoms with E-state index in [1.807, 2.05) is 86.6 Å². The average Bonchev–Trinajstić information content (AvgIpc) is 2.86. The van der Waals surface area contributed by atoms with Gasteiger partial charge in [-0.15, -0.1) is 0 Å². The standard InChI is InChI=1S/C30H27ClN2O2/c1-18-11-14-20(15-12-18)26-27-24(9-6-10-25(27)34)33(22-16-13-19(2)23(31)17-22)30(32)28(26)29(35)21-7-4-3-5-8-21/h3-5,7-8,11-17,26,32,35H,6,9-10H2,1-2H3/b29-28+,32-30?. The number of nitrogens with zero attached hydrogens (tertiary/aromatic N) is 1. The fraction of sp³-hybridized carbons (Fsp3) is 0.200. The van der Waals surface area contributed by atoms with Crippen molar-refractivity contribution < 1.29 is 9.90 Å². The molecule has 0 fully saturated rings. The van der Waals surface area contributed by atoms with E-state index < -0.39 is 5.92 Å². The lowest BCUT2D eigenvalue weighted by Crippen LogP contribution is -2.42. The van der Waals surface area contributed by atoms with Gasteiger partial charge in [-0.05, 0) is 49.9 Å². The first-order valence-corrected chi connectivity index (χ1v) is 12.2. The van der Waals surface area contributed by atoms with Crippen molar-refractivity contribution in [2.75, 3.05) is 4.90 Å². The first-order chi connectivity index (χ1) is 16.9. The zero-order chi connectivity index (χ0) is 24.7. The van der Waals surface area contributed by atoms with E-state index in [0.717, 1.165) is 28.8 Å². The fourth-order valence-electron chi connectivity index (χ4n) is 5.04. The number of allylic oxidation sites excluding steroid dienone is 2. The van der Waals surface area contributed by atoms with Crippen molar-refractivity contribution in [2.45, 2.75) is 39.0 Å². The van der Waals surface area contributed by atoms with Crippen molar-refractivity contribution in [3.05, 3.63) is 117 Å². The molecule has 5 rings (SSSR count). The molecular formula is C30H27ClN2O2. The normalized spacial score (nSPS) is 19.6. The summed E-state index contributed by atoms with van der Waals surface area (Å²) in [7, 11) is 0. The average molecular weight is 483 g/mol.